The van der Waals surface area contributed by atoms with Gasteiger partial charge in [0.25, 0.3) is 0 Å². The molecular formula is C23H24ClNO4S. The zero-order valence-corrected chi connectivity index (χ0v) is 18.7. The third-order valence-electron chi connectivity index (χ3n) is 4.73. The molecule has 0 bridgehead atoms. The highest BCUT2D eigenvalue weighted by Crippen LogP contribution is 2.33. The number of benzene rings is 2. The van der Waals surface area contributed by atoms with Crippen LogP contribution in [0.3, 0.4) is 0 Å². The molecule has 3 rings (SSSR count). The summed E-state index contributed by atoms with van der Waals surface area (Å²) in [5.74, 6) is -0.224. The smallest absolute Gasteiger partial charge is 0.333 e. The summed E-state index contributed by atoms with van der Waals surface area (Å²) in [6.45, 7) is 6.47. The molecule has 158 valence electrons. The van der Waals surface area contributed by atoms with Crippen molar-refractivity contribution in [1.82, 2.24) is 4.98 Å². The van der Waals surface area contributed by atoms with Crippen LogP contribution in [-0.4, -0.2) is 28.8 Å². The third kappa shape index (κ3) is 5.39. The van der Waals surface area contributed by atoms with Gasteiger partial charge in [0.15, 0.2) is 6.10 Å². The first-order chi connectivity index (χ1) is 14.4. The predicted octanol–water partition coefficient (Wildman–Crippen LogP) is 5.69. The average Bonchev–Trinajstić information content (AvgIpc) is 3.08. The standard InChI is InChI=1S/C23H24ClNO4S/c1-4-28-20(23(26)27)12-16-9-10-17(11-14(16)2)29-13-21-15(3)25-22(30-21)18-7-5-6-8-19(18)24/h5-11,20H,4,12-13H2,1-3H3,(H,26,27). The largest absolute Gasteiger partial charge is 0.488 e. The number of rotatable bonds is 9. The summed E-state index contributed by atoms with van der Waals surface area (Å²) in [6, 6.07) is 13.3. The Morgan fingerprint density at radius 3 is 2.67 bits per heavy atom. The molecule has 1 heterocycles. The Kier molecular flexibility index (Phi) is 7.48. The summed E-state index contributed by atoms with van der Waals surface area (Å²) in [7, 11) is 0. The van der Waals surface area contributed by atoms with Crippen LogP contribution in [-0.2, 0) is 22.6 Å². The highest BCUT2D eigenvalue weighted by molar-refractivity contribution is 7.15. The number of thiazole rings is 1. The Morgan fingerprint density at radius 2 is 2.00 bits per heavy atom. The Bertz CT molecular complexity index is 1030. The summed E-state index contributed by atoms with van der Waals surface area (Å²) in [5.41, 5.74) is 3.74. The van der Waals surface area contributed by atoms with Crippen molar-refractivity contribution in [1.29, 1.82) is 0 Å². The molecule has 5 nitrogen and oxygen atoms in total. The minimum atomic E-state index is -0.952. The first-order valence-electron chi connectivity index (χ1n) is 9.67. The van der Waals surface area contributed by atoms with E-state index in [4.69, 9.17) is 21.1 Å². The molecule has 0 fully saturated rings. The summed E-state index contributed by atoms with van der Waals surface area (Å²) < 4.78 is 11.3. The van der Waals surface area contributed by atoms with Crippen molar-refractivity contribution < 1.29 is 19.4 Å². The van der Waals surface area contributed by atoms with Crippen molar-refractivity contribution in [2.45, 2.75) is 39.9 Å². The van der Waals surface area contributed by atoms with E-state index in [0.717, 1.165) is 38.0 Å². The first-order valence-corrected chi connectivity index (χ1v) is 10.9. The summed E-state index contributed by atoms with van der Waals surface area (Å²) in [4.78, 5) is 17.0. The van der Waals surface area contributed by atoms with Gasteiger partial charge in [-0.05, 0) is 50.1 Å². The number of carbonyl (C=O) groups is 1. The van der Waals surface area contributed by atoms with Crippen LogP contribution < -0.4 is 4.74 Å². The molecule has 0 radical (unpaired) electrons. The molecule has 0 aliphatic rings. The number of hydrogen-bond donors (Lipinski definition) is 1. The van der Waals surface area contributed by atoms with Gasteiger partial charge in [0.1, 0.15) is 17.4 Å². The Labute approximate surface area is 185 Å². The van der Waals surface area contributed by atoms with Crippen molar-refractivity contribution in [2.75, 3.05) is 6.61 Å². The van der Waals surface area contributed by atoms with Crippen LogP contribution in [0.25, 0.3) is 10.6 Å². The van der Waals surface area contributed by atoms with E-state index in [9.17, 15) is 9.90 Å². The topological polar surface area (TPSA) is 68.7 Å². The zero-order valence-electron chi connectivity index (χ0n) is 17.1. The fourth-order valence-corrected chi connectivity index (χ4v) is 4.36. The van der Waals surface area contributed by atoms with Crippen molar-refractivity contribution in [3.05, 3.63) is 69.2 Å². The number of hydrogen-bond acceptors (Lipinski definition) is 5. The van der Waals surface area contributed by atoms with E-state index in [1.165, 1.54) is 0 Å². The molecule has 0 aliphatic carbocycles. The van der Waals surface area contributed by atoms with Gasteiger partial charge in [0, 0.05) is 18.6 Å². The van der Waals surface area contributed by atoms with Gasteiger partial charge in [-0.25, -0.2) is 9.78 Å². The van der Waals surface area contributed by atoms with Gasteiger partial charge in [-0.1, -0.05) is 35.9 Å². The lowest BCUT2D eigenvalue weighted by Crippen LogP contribution is -2.26. The molecule has 7 heteroatoms. The molecule has 0 saturated carbocycles. The van der Waals surface area contributed by atoms with E-state index in [0.29, 0.717) is 24.7 Å². The summed E-state index contributed by atoms with van der Waals surface area (Å²) in [5, 5.41) is 10.8. The molecule has 1 atom stereocenters. The van der Waals surface area contributed by atoms with Crippen molar-refractivity contribution >= 4 is 28.9 Å². The molecular weight excluding hydrogens is 422 g/mol. The lowest BCUT2D eigenvalue weighted by atomic mass is 10.0. The second-order valence-corrected chi connectivity index (χ2v) is 8.36. The van der Waals surface area contributed by atoms with Gasteiger partial charge in [0.05, 0.1) is 15.6 Å². The lowest BCUT2D eigenvalue weighted by Gasteiger charge is -2.15. The number of ether oxygens (including phenoxy) is 2. The van der Waals surface area contributed by atoms with Crippen LogP contribution in [0.4, 0.5) is 0 Å². The fraction of sp³-hybridized carbons (Fsp3) is 0.304. The predicted molar refractivity (Wildman–Crippen MR) is 120 cm³/mol. The summed E-state index contributed by atoms with van der Waals surface area (Å²) >= 11 is 7.86. The molecule has 0 saturated heterocycles. The third-order valence-corrected chi connectivity index (χ3v) is 6.22. The van der Waals surface area contributed by atoms with Crippen molar-refractivity contribution in [3.63, 3.8) is 0 Å². The van der Waals surface area contributed by atoms with E-state index >= 15 is 0 Å². The van der Waals surface area contributed by atoms with Crippen LogP contribution in [0.5, 0.6) is 5.75 Å². The second kappa shape index (κ2) is 10.1. The van der Waals surface area contributed by atoms with E-state index in [2.05, 4.69) is 4.98 Å². The lowest BCUT2D eigenvalue weighted by molar-refractivity contribution is -0.149. The molecule has 0 spiro atoms. The highest BCUT2D eigenvalue weighted by atomic mass is 35.5. The maximum Gasteiger partial charge on any atom is 0.333 e. The van der Waals surface area contributed by atoms with E-state index in [1.54, 1.807) is 18.3 Å². The normalized spacial score (nSPS) is 12.0. The monoisotopic (exact) mass is 445 g/mol. The van der Waals surface area contributed by atoms with Crippen LogP contribution >= 0.6 is 22.9 Å². The fourth-order valence-electron chi connectivity index (χ4n) is 3.07. The number of carboxylic acids is 1. The molecule has 30 heavy (non-hydrogen) atoms. The van der Waals surface area contributed by atoms with E-state index in [1.807, 2.05) is 56.3 Å². The molecule has 0 aliphatic heterocycles. The molecule has 1 unspecified atom stereocenters. The zero-order chi connectivity index (χ0) is 21.7. The molecule has 1 N–H and O–H groups in total. The van der Waals surface area contributed by atoms with Crippen molar-refractivity contribution in [3.8, 4) is 16.3 Å². The van der Waals surface area contributed by atoms with Gasteiger partial charge in [-0.2, -0.15) is 0 Å². The van der Waals surface area contributed by atoms with Crippen LogP contribution in [0.1, 0.15) is 28.6 Å². The maximum absolute atomic E-state index is 11.3. The van der Waals surface area contributed by atoms with E-state index < -0.39 is 12.1 Å². The SMILES string of the molecule is CCOC(Cc1ccc(OCc2sc(-c3ccccc3Cl)nc2C)cc1C)C(=O)O. The van der Waals surface area contributed by atoms with Crippen LogP contribution in [0, 0.1) is 13.8 Å². The average molecular weight is 446 g/mol. The Hall–Kier alpha value is -2.41. The van der Waals surface area contributed by atoms with Gasteiger partial charge < -0.3 is 14.6 Å². The van der Waals surface area contributed by atoms with Crippen LogP contribution in [0.15, 0.2) is 42.5 Å². The molecule has 0 amide bonds. The van der Waals surface area contributed by atoms with Gasteiger partial charge in [0.2, 0.25) is 0 Å². The number of carboxylic acid groups (broad SMARTS) is 1. The number of nitrogens with zero attached hydrogens (tertiary/aromatic N) is 1. The first kappa shape index (κ1) is 22.3. The Morgan fingerprint density at radius 1 is 1.23 bits per heavy atom. The molecule has 1 aromatic heterocycles. The number of aliphatic carboxylic acids is 1. The minimum absolute atomic E-state index is 0.324. The Balaban J connectivity index is 1.69. The molecule has 3 aromatic rings. The van der Waals surface area contributed by atoms with Crippen molar-refractivity contribution in [2.24, 2.45) is 0 Å². The molecule has 2 aromatic carbocycles. The minimum Gasteiger partial charge on any atom is -0.488 e. The maximum atomic E-state index is 11.3. The van der Waals surface area contributed by atoms with Gasteiger partial charge in [-0.15, -0.1) is 11.3 Å². The number of aromatic nitrogens is 1. The number of halogens is 1. The number of aryl methyl sites for hydroxylation is 2. The van der Waals surface area contributed by atoms with Crippen LogP contribution in [0.2, 0.25) is 5.02 Å². The quantitative estimate of drug-likeness (QED) is 0.458. The van der Waals surface area contributed by atoms with Gasteiger partial charge >= 0.3 is 5.97 Å². The highest BCUT2D eigenvalue weighted by Gasteiger charge is 2.19. The van der Waals surface area contributed by atoms with Gasteiger partial charge in [-0.3, -0.25) is 0 Å². The summed E-state index contributed by atoms with van der Waals surface area (Å²) in [6.07, 6.45) is -0.520. The van der Waals surface area contributed by atoms with E-state index in [-0.39, 0.29) is 0 Å². The second-order valence-electron chi connectivity index (χ2n) is 6.87.